The molecule has 1 N–H and O–H groups in total. The number of aliphatic hydroxyl groups is 1. The summed E-state index contributed by atoms with van der Waals surface area (Å²) in [4.78, 5) is 15.7. The van der Waals surface area contributed by atoms with E-state index in [1.54, 1.807) is 18.2 Å². The van der Waals surface area contributed by atoms with Gasteiger partial charge in [0.15, 0.2) is 0 Å². The molecule has 2 saturated carbocycles. The lowest BCUT2D eigenvalue weighted by atomic mass is 9.94. The van der Waals surface area contributed by atoms with Crippen LogP contribution in [-0.2, 0) is 11.2 Å². The van der Waals surface area contributed by atoms with Gasteiger partial charge < -0.3 is 9.52 Å². The zero-order valence-corrected chi connectivity index (χ0v) is 18.7. The van der Waals surface area contributed by atoms with Crippen molar-refractivity contribution in [3.8, 4) is 11.3 Å². The van der Waals surface area contributed by atoms with Gasteiger partial charge in [-0.2, -0.15) is 0 Å². The molecule has 1 saturated heterocycles. The Morgan fingerprint density at radius 2 is 2.06 bits per heavy atom. The van der Waals surface area contributed by atoms with Gasteiger partial charge in [0, 0.05) is 24.3 Å². The molecule has 2 heterocycles. The molecule has 1 amide bonds. The van der Waals surface area contributed by atoms with Crippen molar-refractivity contribution in [2.45, 2.75) is 44.6 Å². The van der Waals surface area contributed by atoms with Gasteiger partial charge in [0.25, 0.3) is 5.91 Å². The molecule has 1 aromatic carbocycles. The molecular formula is C24H24FNO3S2. The summed E-state index contributed by atoms with van der Waals surface area (Å²) in [6.07, 6.45) is 7.74. The standard InChI is InChI=1S/C24H24FNO3S2/c25-18-7-5-15(6-8-18)20-12-17(2-1-9-27)21(29-20)13-22-23(28)26(24(30)31-22)19-11-14-3-4-16(19)10-14/h5-8,12-14,16,19,27H,1-4,9-11H2/b22-13+. The van der Waals surface area contributed by atoms with Crippen LogP contribution < -0.4 is 0 Å². The van der Waals surface area contributed by atoms with Crippen molar-refractivity contribution in [3.63, 3.8) is 0 Å². The van der Waals surface area contributed by atoms with E-state index >= 15 is 0 Å². The maximum absolute atomic E-state index is 13.3. The minimum Gasteiger partial charge on any atom is -0.456 e. The average Bonchev–Trinajstić information content (AvgIpc) is 3.52. The molecule has 0 spiro atoms. The van der Waals surface area contributed by atoms with Gasteiger partial charge in [0.05, 0.1) is 4.91 Å². The van der Waals surface area contributed by atoms with E-state index in [0.29, 0.717) is 39.5 Å². The predicted molar refractivity (Wildman–Crippen MR) is 124 cm³/mol. The Hall–Kier alpha value is -1.96. The SMILES string of the molecule is O=C1/C(=C\c2oc(-c3ccc(F)cc3)cc2CCCO)SC(=S)N1C1CC2CCC1C2. The molecule has 3 fully saturated rings. The number of hydrogen-bond acceptors (Lipinski definition) is 5. The van der Waals surface area contributed by atoms with Gasteiger partial charge in [-0.3, -0.25) is 9.69 Å². The molecule has 0 radical (unpaired) electrons. The number of carbonyl (C=O) groups is 1. The molecule has 3 aliphatic rings. The lowest BCUT2D eigenvalue weighted by Crippen LogP contribution is -2.41. The van der Waals surface area contributed by atoms with E-state index in [0.717, 1.165) is 23.5 Å². The Kier molecular flexibility index (Phi) is 5.75. The molecule has 1 aromatic heterocycles. The number of fused-ring (bicyclic) bond motifs is 2. The number of thiocarbonyl (C=S) groups is 1. The molecule has 3 unspecified atom stereocenters. The zero-order chi connectivity index (χ0) is 21.5. The third-order valence-corrected chi connectivity index (χ3v) is 8.02. The quantitative estimate of drug-likeness (QED) is 0.465. The van der Waals surface area contributed by atoms with Gasteiger partial charge in [0.1, 0.15) is 21.7 Å². The summed E-state index contributed by atoms with van der Waals surface area (Å²) >= 11 is 6.93. The predicted octanol–water partition coefficient (Wildman–Crippen LogP) is 5.40. The fourth-order valence-electron chi connectivity index (χ4n) is 5.20. The van der Waals surface area contributed by atoms with E-state index in [2.05, 4.69) is 0 Å². The molecule has 2 aromatic rings. The molecule has 3 atom stereocenters. The van der Waals surface area contributed by atoms with E-state index < -0.39 is 0 Å². The van der Waals surface area contributed by atoms with Crippen LogP contribution in [0.15, 0.2) is 39.7 Å². The minimum atomic E-state index is -0.305. The molecule has 2 aliphatic carbocycles. The van der Waals surface area contributed by atoms with Crippen molar-refractivity contribution in [2.75, 3.05) is 6.61 Å². The van der Waals surface area contributed by atoms with Crippen molar-refractivity contribution >= 4 is 40.3 Å². The van der Waals surface area contributed by atoms with Crippen molar-refractivity contribution in [1.82, 2.24) is 4.90 Å². The summed E-state index contributed by atoms with van der Waals surface area (Å²) in [5.41, 5.74) is 1.68. The first kappa shape index (κ1) is 20.9. The van der Waals surface area contributed by atoms with Crippen molar-refractivity contribution < 1.29 is 18.7 Å². The highest BCUT2D eigenvalue weighted by molar-refractivity contribution is 8.26. The van der Waals surface area contributed by atoms with Gasteiger partial charge in [-0.05, 0) is 79.8 Å². The molecule has 2 bridgehead atoms. The summed E-state index contributed by atoms with van der Waals surface area (Å²) in [5.74, 6) is 2.18. The third kappa shape index (κ3) is 3.99. The van der Waals surface area contributed by atoms with E-state index in [-0.39, 0.29) is 24.4 Å². The van der Waals surface area contributed by atoms with Gasteiger partial charge in [0.2, 0.25) is 0 Å². The van der Waals surface area contributed by atoms with Crippen LogP contribution in [0.1, 0.15) is 43.4 Å². The number of halogens is 1. The number of furan rings is 1. The van der Waals surface area contributed by atoms with Crippen LogP contribution in [0, 0.1) is 17.7 Å². The largest absolute Gasteiger partial charge is 0.456 e. The molecule has 31 heavy (non-hydrogen) atoms. The van der Waals surface area contributed by atoms with Gasteiger partial charge in [-0.1, -0.05) is 30.4 Å². The number of rotatable bonds is 6. The number of hydrogen-bond donors (Lipinski definition) is 1. The minimum absolute atomic E-state index is 0.0274. The van der Waals surface area contributed by atoms with Crippen LogP contribution in [-0.4, -0.2) is 32.9 Å². The summed E-state index contributed by atoms with van der Waals surface area (Å²) < 4.78 is 20.0. The smallest absolute Gasteiger partial charge is 0.266 e. The Bertz CT molecular complexity index is 1050. The molecule has 162 valence electrons. The monoisotopic (exact) mass is 457 g/mol. The second kappa shape index (κ2) is 8.52. The second-order valence-corrected chi connectivity index (χ2v) is 10.3. The van der Waals surface area contributed by atoms with Gasteiger partial charge >= 0.3 is 0 Å². The topological polar surface area (TPSA) is 53.7 Å². The van der Waals surface area contributed by atoms with E-state index in [1.807, 2.05) is 11.0 Å². The molecule has 1 aliphatic heterocycles. The number of aliphatic hydroxyl groups excluding tert-OH is 1. The van der Waals surface area contributed by atoms with E-state index in [9.17, 15) is 14.3 Å². The maximum Gasteiger partial charge on any atom is 0.266 e. The summed E-state index contributed by atoms with van der Waals surface area (Å²) in [5, 5.41) is 9.27. The Morgan fingerprint density at radius 1 is 1.26 bits per heavy atom. The van der Waals surface area contributed by atoms with Crippen LogP contribution in [0.2, 0.25) is 0 Å². The van der Waals surface area contributed by atoms with E-state index in [1.165, 1.54) is 43.2 Å². The van der Waals surface area contributed by atoms with Crippen LogP contribution in [0.5, 0.6) is 0 Å². The summed E-state index contributed by atoms with van der Waals surface area (Å²) in [6, 6.07) is 8.27. The van der Waals surface area contributed by atoms with Crippen molar-refractivity contribution in [3.05, 3.63) is 52.4 Å². The number of nitrogens with zero attached hydrogens (tertiary/aromatic N) is 1. The highest BCUT2D eigenvalue weighted by Gasteiger charge is 2.48. The van der Waals surface area contributed by atoms with Gasteiger partial charge in [-0.15, -0.1) is 0 Å². The Labute approximate surface area is 190 Å². The second-order valence-electron chi connectivity index (χ2n) is 8.63. The Balaban J connectivity index is 1.44. The maximum atomic E-state index is 13.3. The number of thioether (sulfide) groups is 1. The van der Waals surface area contributed by atoms with Crippen molar-refractivity contribution in [2.24, 2.45) is 11.8 Å². The van der Waals surface area contributed by atoms with E-state index in [4.69, 9.17) is 16.6 Å². The highest BCUT2D eigenvalue weighted by Crippen LogP contribution is 2.49. The molecule has 7 heteroatoms. The summed E-state index contributed by atoms with van der Waals surface area (Å²) in [6.45, 7) is 0.0723. The number of amides is 1. The molecule has 4 nitrogen and oxygen atoms in total. The number of carbonyl (C=O) groups excluding carboxylic acids is 1. The fraction of sp³-hybridized carbons (Fsp3) is 0.417. The normalized spacial score (nSPS) is 26.6. The average molecular weight is 458 g/mol. The third-order valence-electron chi connectivity index (χ3n) is 6.69. The molecule has 5 rings (SSSR count). The zero-order valence-electron chi connectivity index (χ0n) is 17.1. The van der Waals surface area contributed by atoms with Gasteiger partial charge in [-0.25, -0.2) is 4.39 Å². The van der Waals surface area contributed by atoms with Crippen molar-refractivity contribution in [1.29, 1.82) is 0 Å². The summed E-state index contributed by atoms with van der Waals surface area (Å²) in [7, 11) is 0. The lowest BCUT2D eigenvalue weighted by Gasteiger charge is -2.30. The van der Waals surface area contributed by atoms with Crippen LogP contribution in [0.3, 0.4) is 0 Å². The molecular weight excluding hydrogens is 433 g/mol. The first-order valence-electron chi connectivity index (χ1n) is 10.8. The lowest BCUT2D eigenvalue weighted by molar-refractivity contribution is -0.124. The first-order valence-corrected chi connectivity index (χ1v) is 12.0. The fourth-order valence-corrected chi connectivity index (χ4v) is 6.54. The van der Waals surface area contributed by atoms with Crippen LogP contribution in [0.25, 0.3) is 17.4 Å². The van der Waals surface area contributed by atoms with Crippen LogP contribution in [0.4, 0.5) is 4.39 Å². The Morgan fingerprint density at radius 3 is 2.74 bits per heavy atom. The number of aryl methyl sites for hydroxylation is 1. The number of benzene rings is 1. The highest BCUT2D eigenvalue weighted by atomic mass is 32.2. The first-order chi connectivity index (χ1) is 15.0. The van der Waals surface area contributed by atoms with Crippen LogP contribution >= 0.6 is 24.0 Å².